The summed E-state index contributed by atoms with van der Waals surface area (Å²) in [5, 5.41) is 6.80. The number of anilines is 1. The number of halogens is 1. The van der Waals surface area contributed by atoms with Crippen molar-refractivity contribution in [1.82, 2.24) is 10.6 Å². The van der Waals surface area contributed by atoms with Crippen molar-refractivity contribution in [2.24, 2.45) is 4.99 Å². The normalized spacial score (nSPS) is 13.6. The molecular weight excluding hydrogens is 455 g/mol. The molecule has 1 aliphatic rings. The van der Waals surface area contributed by atoms with E-state index in [1.165, 1.54) is 21.0 Å². The Labute approximate surface area is 177 Å². The van der Waals surface area contributed by atoms with Crippen LogP contribution in [0, 0.1) is 0 Å². The first-order valence-electron chi connectivity index (χ1n) is 8.79. The van der Waals surface area contributed by atoms with Gasteiger partial charge in [0.15, 0.2) is 5.96 Å². The predicted molar refractivity (Wildman–Crippen MR) is 124 cm³/mol. The van der Waals surface area contributed by atoms with Crippen LogP contribution < -0.4 is 15.5 Å². The largest absolute Gasteiger partial charge is 0.364 e. The van der Waals surface area contributed by atoms with Crippen LogP contribution in [0.3, 0.4) is 0 Å². The summed E-state index contributed by atoms with van der Waals surface area (Å²) >= 11 is 1.86. The van der Waals surface area contributed by atoms with Crippen molar-refractivity contribution in [3.63, 3.8) is 0 Å². The van der Waals surface area contributed by atoms with E-state index in [2.05, 4.69) is 76.0 Å². The van der Waals surface area contributed by atoms with Gasteiger partial charge in [0.1, 0.15) is 0 Å². The van der Waals surface area contributed by atoms with Gasteiger partial charge in [-0.05, 0) is 36.2 Å². The molecule has 3 rings (SSSR count). The van der Waals surface area contributed by atoms with Crippen molar-refractivity contribution in [2.75, 3.05) is 25.0 Å². The van der Waals surface area contributed by atoms with Crippen LogP contribution in [0.15, 0.2) is 53.5 Å². The summed E-state index contributed by atoms with van der Waals surface area (Å²) in [6.07, 6.45) is 5.52. The average molecular weight is 482 g/mol. The van der Waals surface area contributed by atoms with Gasteiger partial charge in [0.05, 0.1) is 6.54 Å². The van der Waals surface area contributed by atoms with Gasteiger partial charge in [0.25, 0.3) is 0 Å². The van der Waals surface area contributed by atoms with E-state index in [0.29, 0.717) is 0 Å². The molecule has 0 unspecified atom stereocenters. The van der Waals surface area contributed by atoms with E-state index in [1.807, 2.05) is 18.4 Å². The number of rotatable bonds is 6. The zero-order valence-electron chi connectivity index (χ0n) is 15.4. The molecule has 0 amide bonds. The van der Waals surface area contributed by atoms with Crippen LogP contribution in [0.2, 0.25) is 0 Å². The van der Waals surface area contributed by atoms with Crippen molar-refractivity contribution in [3.05, 3.63) is 63.9 Å². The van der Waals surface area contributed by atoms with Crippen molar-refractivity contribution < 1.29 is 0 Å². The first-order chi connectivity index (χ1) is 12.3. The minimum absolute atomic E-state index is 0. The zero-order valence-corrected chi connectivity index (χ0v) is 18.5. The van der Waals surface area contributed by atoms with Gasteiger partial charge in [-0.3, -0.25) is 4.99 Å². The molecule has 0 atom stereocenters. The lowest BCUT2D eigenvalue weighted by Crippen LogP contribution is -2.36. The van der Waals surface area contributed by atoms with Gasteiger partial charge in [-0.2, -0.15) is 0 Å². The maximum atomic E-state index is 4.32. The second-order valence-electron chi connectivity index (χ2n) is 6.05. The number of nitrogens with zero attached hydrogens (tertiary/aromatic N) is 2. The number of aliphatic imine (C=N–C) groups is 1. The number of guanidine groups is 1. The molecule has 140 valence electrons. The van der Waals surface area contributed by atoms with E-state index < -0.39 is 0 Å². The third kappa shape index (κ3) is 5.74. The molecule has 1 aliphatic heterocycles. The molecule has 26 heavy (non-hydrogen) atoms. The molecule has 0 saturated carbocycles. The predicted octanol–water partition coefficient (Wildman–Crippen LogP) is 4.17. The minimum atomic E-state index is 0. The fourth-order valence-corrected chi connectivity index (χ4v) is 3.73. The van der Waals surface area contributed by atoms with Crippen LogP contribution in [0.4, 0.5) is 5.69 Å². The van der Waals surface area contributed by atoms with Gasteiger partial charge in [-0.15, -0.1) is 35.3 Å². The number of hydrogen-bond donors (Lipinski definition) is 2. The fraction of sp³-hybridized carbons (Fsp3) is 0.350. The summed E-state index contributed by atoms with van der Waals surface area (Å²) in [7, 11) is 1.81. The summed E-state index contributed by atoms with van der Waals surface area (Å²) in [4.78, 5) is 9.44. The molecule has 4 nitrogen and oxygen atoms in total. The number of benzene rings is 1. The first kappa shape index (κ1) is 20.8. The molecule has 1 aromatic heterocycles. The molecule has 2 N–H and O–H groups in total. The molecule has 0 spiro atoms. The Kier molecular flexibility index (Phi) is 8.44. The van der Waals surface area contributed by atoms with Crippen molar-refractivity contribution in [3.8, 4) is 0 Å². The second-order valence-corrected chi connectivity index (χ2v) is 7.30. The van der Waals surface area contributed by atoms with E-state index in [4.69, 9.17) is 0 Å². The lowest BCUT2D eigenvalue weighted by Gasteiger charge is -2.19. The van der Waals surface area contributed by atoms with E-state index in [1.54, 1.807) is 0 Å². The lowest BCUT2D eigenvalue weighted by atomic mass is 10.2. The Bertz CT molecular complexity index is 746. The van der Waals surface area contributed by atoms with E-state index in [0.717, 1.165) is 38.6 Å². The van der Waals surface area contributed by atoms with Crippen LogP contribution in [0.5, 0.6) is 0 Å². The number of thiophene rings is 1. The molecule has 2 heterocycles. The summed E-state index contributed by atoms with van der Waals surface area (Å²) in [6.45, 7) is 5.76. The molecular formula is C20H27IN4S. The Balaban J connectivity index is 0.00000243. The lowest BCUT2D eigenvalue weighted by molar-refractivity contribution is 0.815. The summed E-state index contributed by atoms with van der Waals surface area (Å²) in [5.41, 5.74) is 2.54. The van der Waals surface area contributed by atoms with Crippen LogP contribution in [0.1, 0.15) is 22.2 Å². The standard InChI is InChI=1S/C20H26N4S.HI/c1-3-18-9-10-19(25-18)15-23-20(21-2)22-14-16-7-6-8-17(13-16)24-11-4-5-12-24;/h4-10,13H,3,11-12,14-15H2,1-2H3,(H2,21,22,23);1H. The third-order valence-corrected chi connectivity index (χ3v) is 5.50. The summed E-state index contributed by atoms with van der Waals surface area (Å²) < 4.78 is 0. The molecule has 0 fully saturated rings. The van der Waals surface area contributed by atoms with Crippen LogP contribution >= 0.6 is 35.3 Å². The molecule has 0 bridgehead atoms. The quantitative estimate of drug-likeness (QED) is 0.281. The van der Waals surface area contributed by atoms with Gasteiger partial charge in [-0.25, -0.2) is 0 Å². The van der Waals surface area contributed by atoms with Gasteiger partial charge in [0, 0.05) is 42.1 Å². The highest BCUT2D eigenvalue weighted by Crippen LogP contribution is 2.18. The Hall–Kier alpha value is -1.54. The maximum Gasteiger partial charge on any atom is 0.191 e. The fourth-order valence-electron chi connectivity index (χ4n) is 2.84. The van der Waals surface area contributed by atoms with Crippen LogP contribution in [0.25, 0.3) is 0 Å². The average Bonchev–Trinajstić information content (AvgIpc) is 3.34. The van der Waals surface area contributed by atoms with E-state index in [-0.39, 0.29) is 24.0 Å². The number of nitrogens with one attached hydrogen (secondary N) is 2. The molecule has 0 saturated heterocycles. The molecule has 0 radical (unpaired) electrons. The smallest absolute Gasteiger partial charge is 0.191 e. The Morgan fingerprint density at radius 2 is 1.81 bits per heavy atom. The monoisotopic (exact) mass is 482 g/mol. The van der Waals surface area contributed by atoms with Crippen molar-refractivity contribution in [2.45, 2.75) is 26.4 Å². The molecule has 1 aromatic carbocycles. The van der Waals surface area contributed by atoms with Gasteiger partial charge < -0.3 is 15.5 Å². The summed E-state index contributed by atoms with van der Waals surface area (Å²) in [5.74, 6) is 0.833. The topological polar surface area (TPSA) is 39.7 Å². The summed E-state index contributed by atoms with van der Waals surface area (Å²) in [6, 6.07) is 13.1. The minimum Gasteiger partial charge on any atom is -0.364 e. The zero-order chi connectivity index (χ0) is 17.5. The second kappa shape index (κ2) is 10.6. The SMILES string of the molecule is CCc1ccc(CNC(=NC)NCc2cccc(N3CC=CC3)c2)s1.I. The van der Waals surface area contributed by atoms with Gasteiger partial charge in [0.2, 0.25) is 0 Å². The molecule has 2 aromatic rings. The highest BCUT2D eigenvalue weighted by Gasteiger charge is 2.08. The first-order valence-corrected chi connectivity index (χ1v) is 9.61. The Morgan fingerprint density at radius 1 is 1.08 bits per heavy atom. The Morgan fingerprint density at radius 3 is 2.50 bits per heavy atom. The van der Waals surface area contributed by atoms with Crippen LogP contribution in [-0.4, -0.2) is 26.1 Å². The third-order valence-electron chi connectivity index (χ3n) is 4.27. The molecule has 6 heteroatoms. The van der Waals surface area contributed by atoms with Gasteiger partial charge in [-0.1, -0.05) is 31.2 Å². The highest BCUT2D eigenvalue weighted by atomic mass is 127. The number of hydrogen-bond acceptors (Lipinski definition) is 3. The highest BCUT2D eigenvalue weighted by molar-refractivity contribution is 14.0. The molecule has 0 aliphatic carbocycles. The van der Waals surface area contributed by atoms with Crippen molar-refractivity contribution in [1.29, 1.82) is 0 Å². The van der Waals surface area contributed by atoms with E-state index in [9.17, 15) is 0 Å². The van der Waals surface area contributed by atoms with Crippen LogP contribution in [-0.2, 0) is 19.5 Å². The van der Waals surface area contributed by atoms with E-state index >= 15 is 0 Å². The number of aryl methyl sites for hydroxylation is 1. The van der Waals surface area contributed by atoms with Crippen molar-refractivity contribution >= 4 is 47.0 Å². The van der Waals surface area contributed by atoms with Gasteiger partial charge >= 0.3 is 0 Å². The maximum absolute atomic E-state index is 4.32.